The molecule has 12 nitrogen and oxygen atoms in total. The molecule has 1 amide bonds. The molecular formula is C33H38N2O10. The zero-order valence-electron chi connectivity index (χ0n) is 25.2. The maximum absolute atomic E-state index is 13.8. The fourth-order valence-corrected chi connectivity index (χ4v) is 5.52. The van der Waals surface area contributed by atoms with Gasteiger partial charge < -0.3 is 49.6 Å². The lowest BCUT2D eigenvalue weighted by Gasteiger charge is -2.48. The minimum atomic E-state index is -2.19. The van der Waals surface area contributed by atoms with Crippen LogP contribution in [0.4, 0.5) is 0 Å². The van der Waals surface area contributed by atoms with E-state index in [0.717, 1.165) is 16.3 Å². The molecule has 4 aromatic rings. The molecule has 0 spiro atoms. The number of hydrogen-bond donors (Lipinski definition) is 6. The van der Waals surface area contributed by atoms with Crippen LogP contribution >= 0.6 is 0 Å². The molecule has 1 aromatic heterocycles. The number of fused-ring (bicyclic) bond motifs is 2. The Balaban J connectivity index is 1.50. The van der Waals surface area contributed by atoms with Gasteiger partial charge in [0, 0.05) is 24.2 Å². The van der Waals surface area contributed by atoms with E-state index in [1.807, 2.05) is 47.0 Å². The van der Waals surface area contributed by atoms with Crippen LogP contribution in [0.1, 0.15) is 36.7 Å². The monoisotopic (exact) mass is 622 g/mol. The number of carbonyl (C=O) groups is 2. The molecule has 1 saturated heterocycles. The van der Waals surface area contributed by atoms with E-state index >= 15 is 0 Å². The minimum absolute atomic E-state index is 0.135. The summed E-state index contributed by atoms with van der Waals surface area (Å²) < 4.78 is 18.1. The van der Waals surface area contributed by atoms with Crippen LogP contribution in [0, 0.1) is 0 Å². The third-order valence-electron chi connectivity index (χ3n) is 7.81. The Labute approximate surface area is 259 Å². The smallest absolute Gasteiger partial charge is 0.344 e. The first-order chi connectivity index (χ1) is 21.3. The van der Waals surface area contributed by atoms with E-state index in [4.69, 9.17) is 14.2 Å². The zero-order chi connectivity index (χ0) is 32.5. The topological polar surface area (TPSA) is 180 Å². The number of esters is 1. The summed E-state index contributed by atoms with van der Waals surface area (Å²) in [4.78, 5) is 26.0. The Morgan fingerprint density at radius 2 is 1.73 bits per heavy atom. The average molecular weight is 623 g/mol. The summed E-state index contributed by atoms with van der Waals surface area (Å²) in [5, 5.41) is 56.7. The normalized spacial score (nSPS) is 23.6. The highest BCUT2D eigenvalue weighted by atomic mass is 16.6. The summed E-state index contributed by atoms with van der Waals surface area (Å²) in [7, 11) is 0. The molecule has 0 radical (unpaired) electrons. The summed E-state index contributed by atoms with van der Waals surface area (Å²) in [5.41, 5.74) is -1.21. The molecular weight excluding hydrogens is 584 g/mol. The van der Waals surface area contributed by atoms with Gasteiger partial charge in [-0.2, -0.15) is 0 Å². The van der Waals surface area contributed by atoms with Crippen molar-refractivity contribution in [3.8, 4) is 5.75 Å². The van der Waals surface area contributed by atoms with Crippen molar-refractivity contribution in [2.45, 2.75) is 63.1 Å². The van der Waals surface area contributed by atoms with Crippen LogP contribution in [0.2, 0.25) is 0 Å². The van der Waals surface area contributed by atoms with Crippen molar-refractivity contribution in [1.29, 1.82) is 0 Å². The van der Waals surface area contributed by atoms with Crippen molar-refractivity contribution in [3.63, 3.8) is 0 Å². The van der Waals surface area contributed by atoms with Crippen LogP contribution < -0.4 is 10.1 Å². The number of nitrogens with one attached hydrogen (secondary N) is 1. The lowest BCUT2D eigenvalue weighted by molar-refractivity contribution is -0.288. The minimum Gasteiger partial charge on any atom is -0.482 e. The van der Waals surface area contributed by atoms with Gasteiger partial charge in [-0.15, -0.1) is 0 Å². The van der Waals surface area contributed by atoms with Crippen LogP contribution in [0.5, 0.6) is 5.75 Å². The van der Waals surface area contributed by atoms with Crippen molar-refractivity contribution in [3.05, 3.63) is 78.0 Å². The van der Waals surface area contributed by atoms with E-state index in [9.17, 15) is 35.1 Å². The number of hydrogen-bond acceptors (Lipinski definition) is 10. The van der Waals surface area contributed by atoms with E-state index in [1.165, 1.54) is 0 Å². The molecule has 0 bridgehead atoms. The van der Waals surface area contributed by atoms with Crippen LogP contribution in [0.25, 0.3) is 21.7 Å². The highest BCUT2D eigenvalue weighted by molar-refractivity contribution is 6.07. The first-order valence-electron chi connectivity index (χ1n) is 14.5. The first-order valence-corrected chi connectivity index (χ1v) is 14.5. The summed E-state index contributed by atoms with van der Waals surface area (Å²) in [6.45, 7) is 3.61. The molecule has 45 heavy (non-hydrogen) atoms. The molecule has 2 heterocycles. The molecule has 240 valence electrons. The lowest BCUT2D eigenvalue weighted by Crippen LogP contribution is -2.74. The van der Waals surface area contributed by atoms with E-state index in [0.29, 0.717) is 23.2 Å². The molecule has 1 aliphatic heterocycles. The molecule has 1 fully saturated rings. The molecule has 5 atom stereocenters. The van der Waals surface area contributed by atoms with Crippen molar-refractivity contribution in [1.82, 2.24) is 9.88 Å². The Morgan fingerprint density at radius 1 is 1.00 bits per heavy atom. The predicted molar refractivity (Wildman–Crippen MR) is 164 cm³/mol. The fraction of sp³-hybridized carbons (Fsp3) is 0.394. The Kier molecular flexibility index (Phi) is 9.17. The number of aromatic nitrogens is 1. The summed E-state index contributed by atoms with van der Waals surface area (Å²) in [5.74, 6) is -0.958. The second kappa shape index (κ2) is 12.8. The van der Waals surface area contributed by atoms with Gasteiger partial charge in [0.2, 0.25) is 0 Å². The van der Waals surface area contributed by atoms with Crippen LogP contribution in [-0.2, 0) is 20.8 Å². The SMILES string of the molecule is CC(C)(C)OC(=O)COc1ccc2c(C(=O)N[C@@]3(CO)C(O)O[C@H](CO)[C@@H](O)[C@@H]3O)cn(Cc3ccc4ccccc4c3)c2c1. The van der Waals surface area contributed by atoms with Crippen molar-refractivity contribution in [2.75, 3.05) is 19.8 Å². The number of nitrogens with zero attached hydrogens (tertiary/aromatic N) is 1. The Hall–Kier alpha value is -4.04. The zero-order valence-corrected chi connectivity index (χ0v) is 25.2. The number of benzene rings is 3. The highest BCUT2D eigenvalue weighted by Gasteiger charge is 2.56. The van der Waals surface area contributed by atoms with Crippen molar-refractivity contribution in [2.24, 2.45) is 0 Å². The van der Waals surface area contributed by atoms with Gasteiger partial charge in [0.1, 0.15) is 35.2 Å². The maximum atomic E-state index is 13.8. The molecule has 1 aliphatic rings. The fourth-order valence-electron chi connectivity index (χ4n) is 5.52. The Bertz CT molecular complexity index is 1700. The molecule has 6 N–H and O–H groups in total. The Morgan fingerprint density at radius 3 is 2.42 bits per heavy atom. The third-order valence-corrected chi connectivity index (χ3v) is 7.81. The van der Waals surface area contributed by atoms with Gasteiger partial charge in [0.15, 0.2) is 12.9 Å². The second-order valence-corrected chi connectivity index (χ2v) is 12.2. The van der Waals surface area contributed by atoms with E-state index < -0.39 is 60.8 Å². The predicted octanol–water partition coefficient (Wildman–Crippen LogP) is 1.46. The van der Waals surface area contributed by atoms with Gasteiger partial charge in [0.05, 0.1) is 24.3 Å². The third kappa shape index (κ3) is 6.66. The van der Waals surface area contributed by atoms with Gasteiger partial charge in [0.25, 0.3) is 5.91 Å². The van der Waals surface area contributed by atoms with Gasteiger partial charge in [-0.1, -0.05) is 36.4 Å². The van der Waals surface area contributed by atoms with Crippen molar-refractivity contribution >= 4 is 33.6 Å². The average Bonchev–Trinajstić information content (AvgIpc) is 3.36. The molecule has 12 heteroatoms. The molecule has 0 saturated carbocycles. The maximum Gasteiger partial charge on any atom is 0.344 e. The molecule has 5 rings (SSSR count). The number of carbonyl (C=O) groups excluding carboxylic acids is 2. The lowest BCUT2D eigenvalue weighted by atomic mass is 9.83. The summed E-state index contributed by atoms with van der Waals surface area (Å²) >= 11 is 0. The highest BCUT2D eigenvalue weighted by Crippen LogP contribution is 2.32. The van der Waals surface area contributed by atoms with E-state index in [-0.39, 0.29) is 12.2 Å². The quantitative estimate of drug-likeness (QED) is 0.150. The van der Waals surface area contributed by atoms with Gasteiger partial charge in [-0.3, -0.25) is 4.79 Å². The van der Waals surface area contributed by atoms with Gasteiger partial charge in [-0.25, -0.2) is 4.79 Å². The van der Waals surface area contributed by atoms with Gasteiger partial charge in [-0.05, 0) is 55.3 Å². The van der Waals surface area contributed by atoms with Crippen LogP contribution in [0.3, 0.4) is 0 Å². The number of ether oxygens (including phenoxy) is 3. The largest absolute Gasteiger partial charge is 0.482 e. The van der Waals surface area contributed by atoms with Crippen LogP contribution in [0.15, 0.2) is 66.9 Å². The number of rotatable bonds is 9. The summed E-state index contributed by atoms with van der Waals surface area (Å²) in [6.07, 6.45) is -5.25. The van der Waals surface area contributed by atoms with Crippen LogP contribution in [-0.4, -0.2) is 97.5 Å². The standard InChI is InChI=1S/C33H38N2O10/c1-32(2,3)45-27(38)17-43-22-10-11-23-24(30(41)34-33(18-37)29(40)28(39)26(16-36)44-31(33)42)15-35(25(23)13-22)14-19-8-9-20-6-4-5-7-21(20)12-19/h4-13,15,26,28-29,31,36-37,39-40,42H,14,16-18H2,1-3H3,(H,34,41)/t26-,28-,29+,31?,33-/m1/s1. The van der Waals surface area contributed by atoms with E-state index in [1.54, 1.807) is 45.2 Å². The summed E-state index contributed by atoms with van der Waals surface area (Å²) in [6, 6.07) is 18.8. The van der Waals surface area contributed by atoms with Gasteiger partial charge >= 0.3 is 5.97 Å². The van der Waals surface area contributed by atoms with E-state index in [2.05, 4.69) is 5.32 Å². The first kappa shape index (κ1) is 32.4. The molecule has 1 unspecified atom stereocenters. The molecule has 3 aromatic carbocycles. The number of aliphatic hydroxyl groups excluding tert-OH is 5. The second-order valence-electron chi connectivity index (χ2n) is 12.2. The number of aliphatic hydroxyl groups is 5. The van der Waals surface area contributed by atoms with Crippen molar-refractivity contribution < 1.29 is 49.3 Å². The number of amides is 1. The molecule has 0 aliphatic carbocycles.